The van der Waals surface area contributed by atoms with Crippen molar-refractivity contribution in [3.05, 3.63) is 47.9 Å². The molecule has 2 aliphatic rings. The number of hydrogen-bond donors (Lipinski definition) is 1. The number of benzene rings is 1. The molecular weight excluding hydrogens is 368 g/mol. The van der Waals surface area contributed by atoms with Crippen molar-refractivity contribution in [2.45, 2.75) is 31.9 Å². The Labute approximate surface area is 168 Å². The fraction of sp³-hybridized carbons (Fsp3) is 0.429. The zero-order chi connectivity index (χ0) is 19.8. The van der Waals surface area contributed by atoms with Gasteiger partial charge in [-0.05, 0) is 38.4 Å². The maximum atomic E-state index is 12.7. The van der Waals surface area contributed by atoms with Gasteiger partial charge in [0, 0.05) is 30.7 Å². The summed E-state index contributed by atoms with van der Waals surface area (Å²) in [4.78, 5) is 19.7. The molecule has 0 spiro atoms. The molecule has 0 aliphatic carbocycles. The molecule has 150 valence electrons. The van der Waals surface area contributed by atoms with Gasteiger partial charge in [0.15, 0.2) is 5.69 Å². The third-order valence-corrected chi connectivity index (χ3v) is 5.90. The van der Waals surface area contributed by atoms with Crippen molar-refractivity contribution in [3.63, 3.8) is 0 Å². The number of nitrogens with zero attached hydrogens (tertiary/aromatic N) is 5. The first kappa shape index (κ1) is 18.2. The normalized spacial score (nSPS) is 22.0. The number of rotatable bonds is 4. The third kappa shape index (κ3) is 3.38. The van der Waals surface area contributed by atoms with Crippen LogP contribution in [-0.2, 0) is 4.74 Å². The predicted molar refractivity (Wildman–Crippen MR) is 108 cm³/mol. The molecule has 5 rings (SSSR count). The monoisotopic (exact) mass is 392 g/mol. The molecule has 4 heterocycles. The second-order valence-corrected chi connectivity index (χ2v) is 7.74. The van der Waals surface area contributed by atoms with Crippen LogP contribution in [0.25, 0.3) is 16.6 Å². The first-order chi connectivity index (χ1) is 14.2. The number of ether oxygens (including phenoxy) is 1. The number of nitrogens with one attached hydrogen (secondary N) is 1. The minimum Gasteiger partial charge on any atom is -0.373 e. The van der Waals surface area contributed by atoms with E-state index < -0.39 is 0 Å². The first-order valence-electron chi connectivity index (χ1n) is 10.1. The van der Waals surface area contributed by atoms with Crippen molar-refractivity contribution < 1.29 is 9.53 Å². The molecular formula is C21H24N6O2. The summed E-state index contributed by atoms with van der Waals surface area (Å²) in [5.74, 6) is -0.228. The number of morpholine rings is 1. The molecule has 2 fully saturated rings. The Balaban J connectivity index is 1.31. The lowest BCUT2D eigenvalue weighted by molar-refractivity contribution is -0.0462. The Hall–Kier alpha value is -2.84. The van der Waals surface area contributed by atoms with Crippen LogP contribution in [0.3, 0.4) is 0 Å². The molecule has 2 saturated heterocycles. The summed E-state index contributed by atoms with van der Waals surface area (Å²) in [5, 5.41) is 12.3. The Morgan fingerprint density at radius 1 is 1.31 bits per heavy atom. The summed E-state index contributed by atoms with van der Waals surface area (Å²) < 4.78 is 7.60. The predicted octanol–water partition coefficient (Wildman–Crippen LogP) is 1.72. The third-order valence-electron chi connectivity index (χ3n) is 5.90. The van der Waals surface area contributed by atoms with Crippen molar-refractivity contribution in [2.75, 3.05) is 26.2 Å². The van der Waals surface area contributed by atoms with Crippen LogP contribution in [-0.4, -0.2) is 69.2 Å². The van der Waals surface area contributed by atoms with E-state index in [1.165, 1.54) is 12.8 Å². The molecule has 0 saturated carbocycles. The van der Waals surface area contributed by atoms with Crippen molar-refractivity contribution in [2.24, 2.45) is 0 Å². The van der Waals surface area contributed by atoms with E-state index in [0.29, 0.717) is 24.0 Å². The van der Waals surface area contributed by atoms with E-state index in [1.807, 2.05) is 37.3 Å². The average Bonchev–Trinajstić information content (AvgIpc) is 3.37. The zero-order valence-corrected chi connectivity index (χ0v) is 16.4. The van der Waals surface area contributed by atoms with Gasteiger partial charge in [-0.25, -0.2) is 4.68 Å². The molecule has 29 heavy (non-hydrogen) atoms. The summed E-state index contributed by atoms with van der Waals surface area (Å²) in [6.45, 7) is 5.08. The molecule has 1 aromatic carbocycles. The lowest BCUT2D eigenvalue weighted by Gasteiger charge is -2.35. The topological polar surface area (TPSA) is 85.2 Å². The minimum atomic E-state index is -0.228. The van der Waals surface area contributed by atoms with Gasteiger partial charge in [0.1, 0.15) is 0 Å². The van der Waals surface area contributed by atoms with E-state index in [4.69, 9.17) is 4.74 Å². The van der Waals surface area contributed by atoms with Gasteiger partial charge in [-0.2, -0.15) is 0 Å². The summed E-state index contributed by atoms with van der Waals surface area (Å²) in [6.07, 6.45) is 4.22. The number of carbonyl (C=O) groups excluding carboxylic acids is 1. The molecule has 2 aromatic heterocycles. The van der Waals surface area contributed by atoms with Crippen molar-refractivity contribution in [1.29, 1.82) is 0 Å². The van der Waals surface area contributed by atoms with Gasteiger partial charge in [-0.1, -0.05) is 23.4 Å². The van der Waals surface area contributed by atoms with E-state index in [0.717, 1.165) is 36.3 Å². The summed E-state index contributed by atoms with van der Waals surface area (Å²) in [7, 11) is 0. The van der Waals surface area contributed by atoms with E-state index in [-0.39, 0.29) is 12.0 Å². The maximum absolute atomic E-state index is 12.7. The van der Waals surface area contributed by atoms with Crippen molar-refractivity contribution >= 4 is 16.8 Å². The van der Waals surface area contributed by atoms with E-state index >= 15 is 0 Å². The van der Waals surface area contributed by atoms with E-state index in [9.17, 15) is 4.79 Å². The van der Waals surface area contributed by atoms with Gasteiger partial charge in [0.2, 0.25) is 0 Å². The van der Waals surface area contributed by atoms with Crippen LogP contribution >= 0.6 is 0 Å². The van der Waals surface area contributed by atoms with Crippen molar-refractivity contribution in [3.8, 4) is 5.69 Å². The lowest BCUT2D eigenvalue weighted by atomic mass is 10.2. The molecule has 0 bridgehead atoms. The van der Waals surface area contributed by atoms with E-state index in [2.05, 4.69) is 25.5 Å². The summed E-state index contributed by atoms with van der Waals surface area (Å²) >= 11 is 0. The fourth-order valence-electron chi connectivity index (χ4n) is 4.33. The quantitative estimate of drug-likeness (QED) is 0.728. The van der Waals surface area contributed by atoms with Gasteiger partial charge >= 0.3 is 0 Å². The fourth-order valence-corrected chi connectivity index (χ4v) is 4.33. The van der Waals surface area contributed by atoms with Crippen LogP contribution in [0.4, 0.5) is 0 Å². The second kappa shape index (κ2) is 7.53. The highest BCUT2D eigenvalue weighted by molar-refractivity contribution is 5.93. The Morgan fingerprint density at radius 2 is 2.21 bits per heavy atom. The number of pyridine rings is 1. The molecule has 0 radical (unpaired) electrons. The Morgan fingerprint density at radius 3 is 3.14 bits per heavy atom. The Kier molecular flexibility index (Phi) is 4.73. The smallest absolute Gasteiger partial charge is 0.273 e. The number of aromatic nitrogens is 4. The van der Waals surface area contributed by atoms with Gasteiger partial charge < -0.3 is 10.1 Å². The average molecular weight is 392 g/mol. The van der Waals surface area contributed by atoms with E-state index in [1.54, 1.807) is 10.9 Å². The number of amides is 1. The van der Waals surface area contributed by atoms with Gasteiger partial charge in [0.05, 0.1) is 29.6 Å². The molecule has 2 aliphatic heterocycles. The molecule has 2 unspecified atom stereocenters. The number of hydrogen-bond acceptors (Lipinski definition) is 6. The highest BCUT2D eigenvalue weighted by Gasteiger charge is 2.32. The molecule has 8 heteroatoms. The number of carbonyl (C=O) groups is 1. The van der Waals surface area contributed by atoms with Crippen LogP contribution in [0.2, 0.25) is 0 Å². The molecule has 1 amide bonds. The van der Waals surface area contributed by atoms with Crippen LogP contribution in [0, 0.1) is 6.92 Å². The summed E-state index contributed by atoms with van der Waals surface area (Å²) in [6, 6.07) is 10.3. The standard InChI is InChI=1S/C21H24N6O2/c1-14-19(21(28)23-11-17-12-26-10-4-7-16(26)13-29-17)24-25-27(14)18-8-2-5-15-6-3-9-22-20(15)18/h2-3,5-6,8-9,16-17H,4,7,10-13H2,1H3,(H,23,28). The molecule has 8 nitrogen and oxygen atoms in total. The molecule has 2 atom stereocenters. The summed E-state index contributed by atoms with van der Waals surface area (Å²) in [5.41, 5.74) is 2.64. The zero-order valence-electron chi connectivity index (χ0n) is 16.4. The van der Waals surface area contributed by atoms with Gasteiger partial charge in [-0.15, -0.1) is 5.10 Å². The minimum absolute atomic E-state index is 0.0194. The maximum Gasteiger partial charge on any atom is 0.273 e. The van der Waals surface area contributed by atoms with Crippen LogP contribution in [0.15, 0.2) is 36.5 Å². The lowest BCUT2D eigenvalue weighted by Crippen LogP contribution is -2.50. The first-order valence-corrected chi connectivity index (χ1v) is 10.1. The SMILES string of the molecule is Cc1c(C(=O)NCC2CN3CCCC3CO2)nnn1-c1cccc2cccnc12. The highest BCUT2D eigenvalue weighted by Crippen LogP contribution is 2.23. The van der Waals surface area contributed by atoms with Crippen molar-refractivity contribution in [1.82, 2.24) is 30.2 Å². The highest BCUT2D eigenvalue weighted by atomic mass is 16.5. The second-order valence-electron chi connectivity index (χ2n) is 7.74. The number of fused-ring (bicyclic) bond motifs is 2. The van der Waals surface area contributed by atoms with Gasteiger partial charge in [-0.3, -0.25) is 14.7 Å². The Bertz CT molecular complexity index is 1040. The van der Waals surface area contributed by atoms with Crippen LogP contribution < -0.4 is 5.32 Å². The van der Waals surface area contributed by atoms with Crippen LogP contribution in [0.1, 0.15) is 29.0 Å². The van der Waals surface area contributed by atoms with Crippen LogP contribution in [0.5, 0.6) is 0 Å². The molecule has 3 aromatic rings. The van der Waals surface area contributed by atoms with Gasteiger partial charge in [0.25, 0.3) is 5.91 Å². The molecule has 1 N–H and O–H groups in total. The largest absolute Gasteiger partial charge is 0.373 e. The number of para-hydroxylation sites is 1.